The van der Waals surface area contributed by atoms with Crippen molar-refractivity contribution in [2.45, 2.75) is 26.2 Å². The molecule has 1 aromatic heterocycles. The van der Waals surface area contributed by atoms with Gasteiger partial charge in [0.25, 0.3) is 0 Å². The van der Waals surface area contributed by atoms with E-state index in [1.54, 1.807) is 30.3 Å². The molecule has 4 rings (SSSR count). The van der Waals surface area contributed by atoms with Gasteiger partial charge in [0.1, 0.15) is 17.4 Å². The third-order valence-electron chi connectivity index (χ3n) is 5.86. The largest absolute Gasteiger partial charge is 0.481 e. The molecule has 0 spiro atoms. The lowest BCUT2D eigenvalue weighted by molar-refractivity contribution is -0.136. The van der Waals surface area contributed by atoms with Crippen molar-refractivity contribution in [1.29, 1.82) is 5.41 Å². The maximum Gasteiger partial charge on any atom is 0.419 e. The number of imidazole rings is 1. The van der Waals surface area contributed by atoms with Gasteiger partial charge in [-0.15, -0.1) is 0 Å². The van der Waals surface area contributed by atoms with E-state index < -0.39 is 12.1 Å². The second-order valence-corrected chi connectivity index (χ2v) is 8.38. The van der Waals surface area contributed by atoms with Gasteiger partial charge in [-0.25, -0.2) is 9.78 Å². The number of nitrogen functional groups attached to an aromatic ring is 1. The summed E-state index contributed by atoms with van der Waals surface area (Å²) in [6, 6.07) is 19.9. The van der Waals surface area contributed by atoms with Crippen LogP contribution in [0.15, 0.2) is 66.7 Å². The number of hydrogen-bond donors (Lipinski definition) is 4. The Morgan fingerprint density at radius 2 is 1.78 bits per heavy atom. The van der Waals surface area contributed by atoms with Crippen molar-refractivity contribution < 1.29 is 19.4 Å². The first-order valence-corrected chi connectivity index (χ1v) is 11.5. The minimum Gasteiger partial charge on any atom is -0.481 e. The Hall–Kier alpha value is -4.66. The number of nitrogens with one attached hydrogen (secondary N) is 2. The summed E-state index contributed by atoms with van der Waals surface area (Å²) in [7, 11) is 0. The predicted molar refractivity (Wildman–Crippen MR) is 138 cm³/mol. The number of carboxylic acids is 1. The highest BCUT2D eigenvalue weighted by atomic mass is 16.6. The average Bonchev–Trinajstić information content (AvgIpc) is 3.29. The topological polar surface area (TPSA) is 145 Å². The molecule has 0 aliphatic rings. The minimum atomic E-state index is -1.000. The zero-order valence-corrected chi connectivity index (χ0v) is 19.8. The Morgan fingerprint density at radius 1 is 1.06 bits per heavy atom. The number of carboxylic acid groups (broad SMARTS) is 1. The number of carbonyl (C=O) groups is 2. The van der Waals surface area contributed by atoms with Gasteiger partial charge in [-0.1, -0.05) is 42.5 Å². The number of amides is 1. The SMILES string of the molecule is Cc1c(OC(=O)N(CCC(=O)O)c2ccccc2)ccc2[nH]c(CCc3ccc(C(=N)N)cc3)nc12. The average molecular weight is 486 g/mol. The highest BCUT2D eigenvalue weighted by Gasteiger charge is 2.21. The fraction of sp³-hybridized carbons (Fsp3) is 0.185. The summed E-state index contributed by atoms with van der Waals surface area (Å²) >= 11 is 0. The van der Waals surface area contributed by atoms with Gasteiger partial charge < -0.3 is 20.6 Å². The Labute approximate surface area is 208 Å². The lowest BCUT2D eigenvalue weighted by atomic mass is 10.1. The lowest BCUT2D eigenvalue weighted by Gasteiger charge is -2.22. The summed E-state index contributed by atoms with van der Waals surface area (Å²) in [5.41, 5.74) is 10.1. The normalized spacial score (nSPS) is 10.8. The van der Waals surface area contributed by atoms with E-state index in [0.717, 1.165) is 23.3 Å². The van der Waals surface area contributed by atoms with Gasteiger partial charge in [-0.2, -0.15) is 0 Å². The fourth-order valence-corrected chi connectivity index (χ4v) is 3.88. The maximum atomic E-state index is 13.0. The van der Waals surface area contributed by atoms with E-state index in [1.807, 2.05) is 43.3 Å². The number of aromatic nitrogens is 2. The molecule has 0 saturated carbocycles. The number of amidine groups is 1. The third-order valence-corrected chi connectivity index (χ3v) is 5.86. The molecule has 1 heterocycles. The second kappa shape index (κ2) is 10.7. The summed E-state index contributed by atoms with van der Waals surface area (Å²) < 4.78 is 5.68. The lowest BCUT2D eigenvalue weighted by Crippen LogP contribution is -2.35. The van der Waals surface area contributed by atoms with E-state index >= 15 is 0 Å². The van der Waals surface area contributed by atoms with Crippen LogP contribution in [0.25, 0.3) is 11.0 Å². The molecule has 0 unspecified atom stereocenters. The number of nitrogens with two attached hydrogens (primary N) is 1. The number of nitrogens with zero attached hydrogens (tertiary/aromatic N) is 2. The number of ether oxygens (including phenoxy) is 1. The smallest absolute Gasteiger partial charge is 0.419 e. The third kappa shape index (κ3) is 5.69. The first-order valence-electron chi connectivity index (χ1n) is 11.5. The molecule has 9 heteroatoms. The summed E-state index contributed by atoms with van der Waals surface area (Å²) in [6.07, 6.45) is 0.575. The summed E-state index contributed by atoms with van der Waals surface area (Å²) in [5, 5.41) is 16.6. The molecule has 0 aliphatic heterocycles. The number of aliphatic carboxylic acids is 1. The van der Waals surface area contributed by atoms with Gasteiger partial charge in [-0.05, 0) is 43.2 Å². The maximum absolute atomic E-state index is 13.0. The predicted octanol–water partition coefficient (Wildman–Crippen LogP) is 4.42. The Morgan fingerprint density at radius 3 is 2.44 bits per heavy atom. The number of hydrogen-bond acceptors (Lipinski definition) is 5. The molecule has 4 aromatic rings. The molecule has 0 bridgehead atoms. The summed E-state index contributed by atoms with van der Waals surface area (Å²) in [6.45, 7) is 1.82. The minimum absolute atomic E-state index is 0.0145. The number of aromatic amines is 1. The van der Waals surface area contributed by atoms with Gasteiger partial charge in [0, 0.05) is 29.8 Å². The molecule has 1 amide bonds. The molecular weight excluding hydrogens is 458 g/mol. The number of carbonyl (C=O) groups excluding carboxylic acids is 1. The van der Waals surface area contributed by atoms with E-state index in [0.29, 0.717) is 34.5 Å². The molecule has 36 heavy (non-hydrogen) atoms. The number of rotatable bonds is 9. The fourth-order valence-electron chi connectivity index (χ4n) is 3.88. The molecule has 5 N–H and O–H groups in total. The molecule has 0 saturated heterocycles. The van der Waals surface area contributed by atoms with Crippen molar-refractivity contribution in [3.05, 3.63) is 89.2 Å². The van der Waals surface area contributed by atoms with Gasteiger partial charge in [0.15, 0.2) is 0 Å². The zero-order chi connectivity index (χ0) is 25.7. The van der Waals surface area contributed by atoms with Crippen LogP contribution in [-0.2, 0) is 17.6 Å². The van der Waals surface area contributed by atoms with Crippen LogP contribution in [0, 0.1) is 12.3 Å². The molecule has 0 radical (unpaired) electrons. The van der Waals surface area contributed by atoms with Crippen molar-refractivity contribution >= 4 is 34.6 Å². The molecule has 184 valence electrons. The first kappa shape index (κ1) is 24.5. The van der Waals surface area contributed by atoms with Crippen molar-refractivity contribution in [3.63, 3.8) is 0 Å². The number of benzene rings is 3. The zero-order valence-electron chi connectivity index (χ0n) is 19.8. The second-order valence-electron chi connectivity index (χ2n) is 8.38. The van der Waals surface area contributed by atoms with Gasteiger partial charge in [0.05, 0.1) is 17.5 Å². The van der Waals surface area contributed by atoms with E-state index in [9.17, 15) is 9.59 Å². The number of aryl methyl sites for hydroxylation is 3. The molecule has 0 aliphatic carbocycles. The number of H-pyrrole nitrogens is 1. The number of anilines is 1. The number of para-hydroxylation sites is 1. The Bertz CT molecular complexity index is 1400. The Kier molecular flexibility index (Phi) is 7.29. The Balaban J connectivity index is 1.49. The molecule has 3 aromatic carbocycles. The molecule has 0 fully saturated rings. The summed E-state index contributed by atoms with van der Waals surface area (Å²) in [4.78, 5) is 33.4. The van der Waals surface area contributed by atoms with E-state index in [-0.39, 0.29) is 18.8 Å². The van der Waals surface area contributed by atoms with Gasteiger partial charge >= 0.3 is 12.1 Å². The van der Waals surface area contributed by atoms with Gasteiger partial charge in [-0.3, -0.25) is 15.1 Å². The van der Waals surface area contributed by atoms with Crippen LogP contribution >= 0.6 is 0 Å². The standard InChI is InChI=1S/C27H27N5O4/c1-17-22(36-27(35)32(16-15-24(33)34)20-5-3-2-4-6-20)13-12-21-25(17)31-23(30-21)14-9-18-7-10-19(11-8-18)26(28)29/h2-8,10-13H,9,14-16H2,1H3,(H3,28,29)(H,30,31)(H,33,34). The van der Waals surface area contributed by atoms with Crippen molar-refractivity contribution in [1.82, 2.24) is 9.97 Å². The van der Waals surface area contributed by atoms with E-state index in [4.69, 9.17) is 26.0 Å². The number of fused-ring (bicyclic) bond motifs is 1. The van der Waals surface area contributed by atoms with Crippen LogP contribution < -0.4 is 15.4 Å². The van der Waals surface area contributed by atoms with Crippen LogP contribution in [-0.4, -0.2) is 39.5 Å². The first-order chi connectivity index (χ1) is 17.3. The summed E-state index contributed by atoms with van der Waals surface area (Å²) in [5.74, 6) is 0.209. The monoisotopic (exact) mass is 485 g/mol. The van der Waals surface area contributed by atoms with E-state index in [1.165, 1.54) is 4.90 Å². The highest BCUT2D eigenvalue weighted by Crippen LogP contribution is 2.27. The van der Waals surface area contributed by atoms with Crippen LogP contribution in [0.3, 0.4) is 0 Å². The molecular formula is C27H27N5O4. The molecule has 0 atom stereocenters. The van der Waals surface area contributed by atoms with Gasteiger partial charge in [0.2, 0.25) is 0 Å². The van der Waals surface area contributed by atoms with Crippen molar-refractivity contribution in [3.8, 4) is 5.75 Å². The quantitative estimate of drug-likeness (QED) is 0.204. The highest BCUT2D eigenvalue weighted by molar-refractivity contribution is 5.95. The van der Waals surface area contributed by atoms with Crippen LogP contribution in [0.1, 0.15) is 28.9 Å². The van der Waals surface area contributed by atoms with Crippen molar-refractivity contribution in [2.24, 2.45) is 5.73 Å². The molecule has 9 nitrogen and oxygen atoms in total. The van der Waals surface area contributed by atoms with Crippen molar-refractivity contribution in [2.75, 3.05) is 11.4 Å². The van der Waals surface area contributed by atoms with E-state index in [2.05, 4.69) is 4.98 Å². The van der Waals surface area contributed by atoms with Crippen LogP contribution in [0.4, 0.5) is 10.5 Å². The van der Waals surface area contributed by atoms with Crippen LogP contribution in [0.2, 0.25) is 0 Å². The van der Waals surface area contributed by atoms with Crippen LogP contribution in [0.5, 0.6) is 5.75 Å².